The van der Waals surface area contributed by atoms with E-state index in [-0.39, 0.29) is 16.7 Å². The molecule has 41 heavy (non-hydrogen) atoms. The van der Waals surface area contributed by atoms with Gasteiger partial charge >= 0.3 is 23.6 Å². The number of nitrogens with zero attached hydrogens (tertiary/aromatic N) is 1. The van der Waals surface area contributed by atoms with Crippen molar-refractivity contribution in [3.8, 4) is 0 Å². The molecule has 0 saturated carbocycles. The summed E-state index contributed by atoms with van der Waals surface area (Å²) in [5.41, 5.74) is -0.804. The van der Waals surface area contributed by atoms with Crippen LogP contribution in [0.25, 0.3) is 0 Å². The fourth-order valence-corrected chi connectivity index (χ4v) is 4.31. The van der Waals surface area contributed by atoms with Crippen LogP contribution in [0.4, 0.5) is 0 Å². The minimum Gasteiger partial charge on any atom is -0.459 e. The average Bonchev–Trinajstić information content (AvgIpc) is 3.33. The molecule has 1 saturated heterocycles. The molecule has 1 aromatic heterocycles. The Labute approximate surface area is 232 Å². The summed E-state index contributed by atoms with van der Waals surface area (Å²) in [6, 6.07) is 25.5. The highest BCUT2D eigenvalue weighted by molar-refractivity contribution is 5.91. The summed E-state index contributed by atoms with van der Waals surface area (Å²) in [6.07, 6.45) is -4.03. The number of rotatable bonds is 8. The van der Waals surface area contributed by atoms with E-state index in [0.29, 0.717) is 0 Å². The first-order valence-corrected chi connectivity index (χ1v) is 12.6. The van der Waals surface area contributed by atoms with Gasteiger partial charge in [0.2, 0.25) is 0 Å². The van der Waals surface area contributed by atoms with E-state index in [1.54, 1.807) is 66.7 Å². The molecule has 0 radical (unpaired) electrons. The SMILES string of the molecule is O=C(OCC1O[C@@H](n2ccc(=O)[nH]c2=O)[C@H](OC(=O)c2ccccc2)[C@@H]1OC(=O)c1ccccc1)c1ccccc1. The van der Waals surface area contributed by atoms with Crippen molar-refractivity contribution in [2.24, 2.45) is 0 Å². The molecule has 1 aliphatic heterocycles. The zero-order valence-corrected chi connectivity index (χ0v) is 21.5. The molecule has 2 heterocycles. The standard InChI is InChI=1S/C30H24N2O9/c33-23-16-17-32(30(37)31-23)26-25(41-29(36)21-14-8-3-9-15-21)24(40-28(35)20-12-6-2-7-13-20)22(39-26)18-38-27(34)19-10-4-1-5-11-19/h1-17,22,24-26H,18H2,(H,31,33,37)/t22?,24-,25-,26-/m1/s1. The molecule has 11 heteroatoms. The van der Waals surface area contributed by atoms with Crippen molar-refractivity contribution in [2.75, 3.05) is 6.61 Å². The normalized spacial score (nSPS) is 19.7. The van der Waals surface area contributed by atoms with Gasteiger partial charge in [0.25, 0.3) is 5.56 Å². The van der Waals surface area contributed by atoms with E-state index in [0.717, 1.165) is 10.6 Å². The number of benzene rings is 3. The molecule has 1 unspecified atom stereocenters. The van der Waals surface area contributed by atoms with Gasteiger partial charge in [-0.25, -0.2) is 19.2 Å². The number of aromatic nitrogens is 2. The molecule has 4 aromatic rings. The Morgan fingerprint density at radius 2 is 1.17 bits per heavy atom. The second-order valence-corrected chi connectivity index (χ2v) is 9.02. The van der Waals surface area contributed by atoms with E-state index in [4.69, 9.17) is 18.9 Å². The summed E-state index contributed by atoms with van der Waals surface area (Å²) in [6.45, 7) is -0.408. The van der Waals surface area contributed by atoms with Crippen molar-refractivity contribution in [1.29, 1.82) is 0 Å². The number of H-pyrrole nitrogens is 1. The maximum atomic E-state index is 13.1. The molecule has 0 bridgehead atoms. The fraction of sp³-hybridized carbons (Fsp3) is 0.167. The van der Waals surface area contributed by atoms with Crippen molar-refractivity contribution in [1.82, 2.24) is 9.55 Å². The predicted octanol–water partition coefficient (Wildman–Crippen LogP) is 2.74. The van der Waals surface area contributed by atoms with Crippen LogP contribution in [0.2, 0.25) is 0 Å². The lowest BCUT2D eigenvalue weighted by atomic mass is 10.1. The van der Waals surface area contributed by atoms with Gasteiger partial charge in [0, 0.05) is 12.3 Å². The largest absolute Gasteiger partial charge is 0.459 e. The summed E-state index contributed by atoms with van der Waals surface area (Å²) in [7, 11) is 0. The summed E-state index contributed by atoms with van der Waals surface area (Å²) in [4.78, 5) is 65.5. The van der Waals surface area contributed by atoms with Crippen LogP contribution >= 0.6 is 0 Å². The molecule has 5 rings (SSSR count). The van der Waals surface area contributed by atoms with Gasteiger partial charge in [0.05, 0.1) is 16.7 Å². The van der Waals surface area contributed by atoms with Crippen LogP contribution in [0.15, 0.2) is 113 Å². The Kier molecular flexibility index (Phi) is 8.16. The number of hydrogen-bond donors (Lipinski definition) is 1. The highest BCUT2D eigenvalue weighted by atomic mass is 16.7. The zero-order chi connectivity index (χ0) is 28.8. The maximum Gasteiger partial charge on any atom is 0.338 e. The highest BCUT2D eigenvalue weighted by Crippen LogP contribution is 2.34. The second-order valence-electron chi connectivity index (χ2n) is 9.02. The van der Waals surface area contributed by atoms with E-state index >= 15 is 0 Å². The van der Waals surface area contributed by atoms with Gasteiger partial charge < -0.3 is 18.9 Å². The smallest absolute Gasteiger partial charge is 0.338 e. The molecular weight excluding hydrogens is 532 g/mol. The van der Waals surface area contributed by atoms with Crippen LogP contribution in [-0.4, -0.2) is 52.4 Å². The number of carbonyl (C=O) groups excluding carboxylic acids is 3. The first-order chi connectivity index (χ1) is 19.9. The van der Waals surface area contributed by atoms with Crippen LogP contribution in [0.3, 0.4) is 0 Å². The lowest BCUT2D eigenvalue weighted by Gasteiger charge is -2.25. The number of nitrogens with one attached hydrogen (secondary N) is 1. The molecule has 0 spiro atoms. The highest BCUT2D eigenvalue weighted by Gasteiger charge is 2.51. The van der Waals surface area contributed by atoms with Crippen LogP contribution in [-0.2, 0) is 18.9 Å². The molecule has 4 atom stereocenters. The number of carbonyl (C=O) groups is 3. The lowest BCUT2D eigenvalue weighted by Crippen LogP contribution is -2.43. The first kappa shape index (κ1) is 27.3. The Balaban J connectivity index is 1.50. The molecule has 0 amide bonds. The van der Waals surface area contributed by atoms with E-state index in [9.17, 15) is 24.0 Å². The van der Waals surface area contributed by atoms with Crippen molar-refractivity contribution in [3.63, 3.8) is 0 Å². The fourth-order valence-electron chi connectivity index (χ4n) is 4.31. The second kappa shape index (κ2) is 12.3. The van der Waals surface area contributed by atoms with Crippen molar-refractivity contribution < 1.29 is 33.3 Å². The van der Waals surface area contributed by atoms with Crippen molar-refractivity contribution >= 4 is 17.9 Å². The van der Waals surface area contributed by atoms with E-state index < -0.39 is 60.3 Å². The Hall–Kier alpha value is -5.29. The van der Waals surface area contributed by atoms with E-state index in [2.05, 4.69) is 4.98 Å². The molecule has 1 N–H and O–H groups in total. The van der Waals surface area contributed by atoms with Gasteiger partial charge in [-0.15, -0.1) is 0 Å². The van der Waals surface area contributed by atoms with Gasteiger partial charge in [-0.1, -0.05) is 54.6 Å². The average molecular weight is 557 g/mol. The number of aromatic amines is 1. The third-order valence-corrected chi connectivity index (χ3v) is 6.30. The molecule has 1 aliphatic rings. The molecule has 1 fully saturated rings. The van der Waals surface area contributed by atoms with Crippen LogP contribution in [0, 0.1) is 0 Å². The van der Waals surface area contributed by atoms with Crippen LogP contribution in [0.5, 0.6) is 0 Å². The molecule has 0 aliphatic carbocycles. The Bertz CT molecular complexity index is 1640. The molecular formula is C30H24N2O9. The minimum atomic E-state index is -1.38. The summed E-state index contributed by atoms with van der Waals surface area (Å²) >= 11 is 0. The van der Waals surface area contributed by atoms with Crippen molar-refractivity contribution in [3.05, 3.63) is 141 Å². The summed E-state index contributed by atoms with van der Waals surface area (Å²) in [5.74, 6) is -2.19. The van der Waals surface area contributed by atoms with Gasteiger partial charge in [-0.3, -0.25) is 14.3 Å². The number of hydrogen-bond acceptors (Lipinski definition) is 9. The third kappa shape index (κ3) is 6.31. The quantitative estimate of drug-likeness (QED) is 0.256. The van der Waals surface area contributed by atoms with Gasteiger partial charge in [0.1, 0.15) is 12.7 Å². The van der Waals surface area contributed by atoms with Crippen LogP contribution < -0.4 is 11.2 Å². The zero-order valence-electron chi connectivity index (χ0n) is 21.5. The summed E-state index contributed by atoms with van der Waals surface area (Å²) in [5, 5.41) is 0. The monoisotopic (exact) mass is 556 g/mol. The van der Waals surface area contributed by atoms with Gasteiger partial charge in [0.15, 0.2) is 18.4 Å². The molecule has 208 valence electrons. The topological polar surface area (TPSA) is 143 Å². The van der Waals surface area contributed by atoms with Crippen LogP contribution in [0.1, 0.15) is 37.3 Å². The number of esters is 3. The maximum absolute atomic E-state index is 13.1. The molecule has 11 nitrogen and oxygen atoms in total. The molecule has 3 aromatic carbocycles. The predicted molar refractivity (Wildman–Crippen MR) is 143 cm³/mol. The van der Waals surface area contributed by atoms with E-state index in [1.165, 1.54) is 30.5 Å². The summed E-state index contributed by atoms with van der Waals surface area (Å²) < 4.78 is 24.1. The van der Waals surface area contributed by atoms with E-state index in [1.807, 2.05) is 0 Å². The minimum absolute atomic E-state index is 0.201. The Morgan fingerprint density at radius 3 is 1.68 bits per heavy atom. The lowest BCUT2D eigenvalue weighted by molar-refractivity contribution is -0.0640. The third-order valence-electron chi connectivity index (χ3n) is 6.30. The first-order valence-electron chi connectivity index (χ1n) is 12.6. The Morgan fingerprint density at radius 1 is 0.683 bits per heavy atom. The number of ether oxygens (including phenoxy) is 4. The van der Waals surface area contributed by atoms with Gasteiger partial charge in [-0.2, -0.15) is 0 Å². The van der Waals surface area contributed by atoms with Gasteiger partial charge in [-0.05, 0) is 36.4 Å². The van der Waals surface area contributed by atoms with Crippen molar-refractivity contribution in [2.45, 2.75) is 24.5 Å².